The van der Waals surface area contributed by atoms with E-state index in [-0.39, 0.29) is 0 Å². The van der Waals surface area contributed by atoms with Gasteiger partial charge in [-0.2, -0.15) is 0 Å². The zero-order valence-electron chi connectivity index (χ0n) is 14.0. The van der Waals surface area contributed by atoms with Crippen molar-refractivity contribution in [1.82, 2.24) is 5.32 Å². The molecule has 2 rings (SSSR count). The van der Waals surface area contributed by atoms with Gasteiger partial charge in [-0.05, 0) is 69.0 Å². The lowest BCUT2D eigenvalue weighted by Gasteiger charge is -2.22. The van der Waals surface area contributed by atoms with Gasteiger partial charge in [0.15, 0.2) is 0 Å². The van der Waals surface area contributed by atoms with Crippen LogP contribution < -0.4 is 5.32 Å². The molecule has 1 nitrogen and oxygen atoms in total. The molecular formula is C20H27N. The predicted molar refractivity (Wildman–Crippen MR) is 92.2 cm³/mol. The van der Waals surface area contributed by atoms with Crippen LogP contribution in [0.2, 0.25) is 0 Å². The lowest BCUT2D eigenvalue weighted by atomic mass is 9.85. The van der Waals surface area contributed by atoms with E-state index in [0.29, 0.717) is 5.92 Å². The summed E-state index contributed by atoms with van der Waals surface area (Å²) in [7, 11) is 2.04. The van der Waals surface area contributed by atoms with Gasteiger partial charge in [0, 0.05) is 12.5 Å². The van der Waals surface area contributed by atoms with Crippen molar-refractivity contribution in [3.63, 3.8) is 0 Å². The fourth-order valence-electron chi connectivity index (χ4n) is 3.36. The molecule has 0 heterocycles. The van der Waals surface area contributed by atoms with Gasteiger partial charge >= 0.3 is 0 Å². The fraction of sp³-hybridized carbons (Fsp3) is 0.400. The van der Waals surface area contributed by atoms with Crippen LogP contribution in [-0.4, -0.2) is 13.6 Å². The minimum absolute atomic E-state index is 0.524. The van der Waals surface area contributed by atoms with Crippen LogP contribution in [0.25, 0.3) is 0 Å². The van der Waals surface area contributed by atoms with Crippen molar-refractivity contribution in [2.75, 3.05) is 13.6 Å². The molecule has 2 aromatic rings. The summed E-state index contributed by atoms with van der Waals surface area (Å²) in [6.45, 7) is 9.88. The third-order valence-electron chi connectivity index (χ3n) is 4.37. The second-order valence-electron chi connectivity index (χ2n) is 6.19. The van der Waals surface area contributed by atoms with Crippen LogP contribution in [0.15, 0.2) is 36.4 Å². The van der Waals surface area contributed by atoms with Crippen LogP contribution in [0.3, 0.4) is 0 Å². The van der Waals surface area contributed by atoms with Gasteiger partial charge in [0.25, 0.3) is 0 Å². The minimum Gasteiger partial charge on any atom is -0.319 e. The van der Waals surface area contributed by atoms with E-state index < -0.39 is 0 Å². The van der Waals surface area contributed by atoms with Gasteiger partial charge < -0.3 is 5.32 Å². The average molecular weight is 281 g/mol. The molecule has 0 spiro atoms. The molecule has 1 unspecified atom stereocenters. The first kappa shape index (κ1) is 15.8. The van der Waals surface area contributed by atoms with Crippen molar-refractivity contribution in [2.45, 2.75) is 40.0 Å². The van der Waals surface area contributed by atoms with Crippen LogP contribution in [-0.2, 0) is 6.42 Å². The van der Waals surface area contributed by atoms with Gasteiger partial charge in [0.1, 0.15) is 0 Å². The molecule has 0 amide bonds. The standard InChI is InChI=1S/C20H27N/c1-14-10-16(3)20(17(4)11-14)12-18(13-21-5)19-9-7-6-8-15(19)2/h6-11,18,21H,12-13H2,1-5H3. The fourth-order valence-corrected chi connectivity index (χ4v) is 3.36. The minimum atomic E-state index is 0.524. The molecule has 0 saturated carbocycles. The highest BCUT2D eigenvalue weighted by atomic mass is 14.8. The summed E-state index contributed by atoms with van der Waals surface area (Å²) in [4.78, 5) is 0. The van der Waals surface area contributed by atoms with Crippen LogP contribution >= 0.6 is 0 Å². The summed E-state index contributed by atoms with van der Waals surface area (Å²) in [5.74, 6) is 0.524. The van der Waals surface area contributed by atoms with Crippen LogP contribution in [0.5, 0.6) is 0 Å². The summed E-state index contributed by atoms with van der Waals surface area (Å²) in [5.41, 5.74) is 8.55. The van der Waals surface area contributed by atoms with Gasteiger partial charge in [0.2, 0.25) is 0 Å². The quantitative estimate of drug-likeness (QED) is 0.853. The number of hydrogen-bond donors (Lipinski definition) is 1. The first-order valence-corrected chi connectivity index (χ1v) is 7.79. The summed E-state index contributed by atoms with van der Waals surface area (Å²) >= 11 is 0. The maximum absolute atomic E-state index is 3.36. The summed E-state index contributed by atoms with van der Waals surface area (Å²) in [6.07, 6.45) is 1.10. The molecule has 0 aromatic heterocycles. The van der Waals surface area contributed by atoms with E-state index in [0.717, 1.165) is 13.0 Å². The van der Waals surface area contributed by atoms with Crippen LogP contribution in [0.4, 0.5) is 0 Å². The Kier molecular flexibility index (Phi) is 5.19. The Morgan fingerprint density at radius 3 is 2.10 bits per heavy atom. The van der Waals surface area contributed by atoms with E-state index in [1.165, 1.54) is 33.4 Å². The summed E-state index contributed by atoms with van der Waals surface area (Å²) in [6, 6.07) is 13.4. The average Bonchev–Trinajstić information content (AvgIpc) is 2.42. The van der Waals surface area contributed by atoms with Gasteiger partial charge in [-0.15, -0.1) is 0 Å². The third-order valence-corrected chi connectivity index (χ3v) is 4.37. The Morgan fingerprint density at radius 1 is 0.905 bits per heavy atom. The molecule has 21 heavy (non-hydrogen) atoms. The molecule has 1 N–H and O–H groups in total. The zero-order chi connectivity index (χ0) is 15.4. The number of benzene rings is 2. The normalized spacial score (nSPS) is 12.4. The maximum Gasteiger partial charge on any atom is 0.00204 e. The molecule has 112 valence electrons. The molecule has 0 fully saturated rings. The van der Waals surface area contributed by atoms with Crippen molar-refractivity contribution < 1.29 is 0 Å². The van der Waals surface area contributed by atoms with Gasteiger partial charge in [-0.25, -0.2) is 0 Å². The van der Waals surface area contributed by atoms with Gasteiger partial charge in [0.05, 0.1) is 0 Å². The number of hydrogen-bond acceptors (Lipinski definition) is 1. The molecule has 0 saturated heterocycles. The lowest BCUT2D eigenvalue weighted by Crippen LogP contribution is -2.20. The van der Waals surface area contributed by atoms with Crippen LogP contribution in [0, 0.1) is 27.7 Å². The molecule has 1 heteroatoms. The number of aryl methyl sites for hydroxylation is 4. The van der Waals surface area contributed by atoms with Crippen molar-refractivity contribution in [3.05, 3.63) is 69.8 Å². The van der Waals surface area contributed by atoms with E-state index in [9.17, 15) is 0 Å². The number of likely N-dealkylation sites (N-methyl/N-ethyl adjacent to an activating group) is 1. The Morgan fingerprint density at radius 2 is 1.52 bits per heavy atom. The highest BCUT2D eigenvalue weighted by molar-refractivity contribution is 5.40. The summed E-state index contributed by atoms with van der Waals surface area (Å²) in [5, 5.41) is 3.36. The van der Waals surface area contributed by atoms with Gasteiger partial charge in [-0.3, -0.25) is 0 Å². The molecular weight excluding hydrogens is 254 g/mol. The highest BCUT2D eigenvalue weighted by Crippen LogP contribution is 2.27. The van der Waals surface area contributed by atoms with Gasteiger partial charge in [-0.1, -0.05) is 42.0 Å². The monoisotopic (exact) mass is 281 g/mol. The molecule has 0 aliphatic carbocycles. The zero-order valence-corrected chi connectivity index (χ0v) is 14.0. The SMILES string of the molecule is CNCC(Cc1c(C)cc(C)cc1C)c1ccccc1C. The van der Waals surface area contributed by atoms with E-state index in [4.69, 9.17) is 0 Å². The number of rotatable bonds is 5. The van der Waals surface area contributed by atoms with E-state index in [1.54, 1.807) is 0 Å². The molecule has 0 aliphatic rings. The van der Waals surface area contributed by atoms with E-state index in [2.05, 4.69) is 69.4 Å². The van der Waals surface area contributed by atoms with Crippen molar-refractivity contribution >= 4 is 0 Å². The van der Waals surface area contributed by atoms with Crippen LogP contribution in [0.1, 0.15) is 39.3 Å². The maximum atomic E-state index is 3.36. The topological polar surface area (TPSA) is 12.0 Å². The molecule has 0 bridgehead atoms. The van der Waals surface area contributed by atoms with Crippen molar-refractivity contribution in [1.29, 1.82) is 0 Å². The Labute approximate surface area is 129 Å². The van der Waals surface area contributed by atoms with E-state index >= 15 is 0 Å². The Bertz CT molecular complexity index is 590. The Balaban J connectivity index is 2.36. The van der Waals surface area contributed by atoms with Crippen molar-refractivity contribution in [2.24, 2.45) is 0 Å². The second kappa shape index (κ2) is 6.91. The smallest absolute Gasteiger partial charge is 0.00204 e. The third kappa shape index (κ3) is 3.74. The highest BCUT2D eigenvalue weighted by Gasteiger charge is 2.16. The molecule has 0 aliphatic heterocycles. The predicted octanol–water partition coefficient (Wildman–Crippen LogP) is 4.47. The molecule has 0 radical (unpaired) electrons. The first-order chi connectivity index (χ1) is 10.0. The van der Waals surface area contributed by atoms with Crippen molar-refractivity contribution in [3.8, 4) is 0 Å². The second-order valence-corrected chi connectivity index (χ2v) is 6.19. The molecule has 2 aromatic carbocycles. The Hall–Kier alpha value is -1.60. The first-order valence-electron chi connectivity index (χ1n) is 7.79. The lowest BCUT2D eigenvalue weighted by molar-refractivity contribution is 0.620. The van der Waals surface area contributed by atoms with E-state index in [1.807, 2.05) is 7.05 Å². The largest absolute Gasteiger partial charge is 0.319 e. The summed E-state index contributed by atoms with van der Waals surface area (Å²) < 4.78 is 0. The molecule has 1 atom stereocenters. The number of nitrogens with one attached hydrogen (secondary N) is 1.